The monoisotopic (exact) mass is 314 g/mol. The Morgan fingerprint density at radius 3 is 2.91 bits per heavy atom. The van der Waals surface area contributed by atoms with Gasteiger partial charge in [-0.25, -0.2) is 0 Å². The molecule has 114 valence electrons. The Morgan fingerprint density at radius 1 is 1.32 bits per heavy atom. The Hall–Kier alpha value is -1.85. The molecule has 2 heterocycles. The van der Waals surface area contributed by atoms with E-state index < -0.39 is 0 Å². The zero-order valence-electron chi connectivity index (χ0n) is 12.5. The second-order valence-corrected chi connectivity index (χ2v) is 6.21. The van der Waals surface area contributed by atoms with E-state index in [0.29, 0.717) is 18.1 Å². The van der Waals surface area contributed by atoms with Gasteiger partial charge in [0.2, 0.25) is 0 Å². The summed E-state index contributed by atoms with van der Waals surface area (Å²) in [6.07, 6.45) is 5.75. The number of allylic oxidation sites excluding steroid dienone is 2. The number of nitrogens with zero attached hydrogens (tertiary/aromatic N) is 2. The van der Waals surface area contributed by atoms with Gasteiger partial charge in [0.1, 0.15) is 0 Å². The number of rotatable bonds is 2. The number of carbonyl (C=O) groups excluding carboxylic acids is 1. The van der Waals surface area contributed by atoms with Gasteiger partial charge >= 0.3 is 0 Å². The summed E-state index contributed by atoms with van der Waals surface area (Å²) in [6, 6.07) is 8.24. The van der Waals surface area contributed by atoms with Gasteiger partial charge in [-0.2, -0.15) is 4.99 Å². The van der Waals surface area contributed by atoms with Crippen LogP contribution in [0.2, 0.25) is 0 Å². The van der Waals surface area contributed by atoms with E-state index in [9.17, 15) is 4.79 Å². The van der Waals surface area contributed by atoms with Crippen LogP contribution in [-0.4, -0.2) is 42.3 Å². The summed E-state index contributed by atoms with van der Waals surface area (Å²) < 4.78 is 5.32. The molecule has 1 aromatic carbocycles. The van der Waals surface area contributed by atoms with Crippen LogP contribution in [0.25, 0.3) is 6.08 Å². The predicted molar refractivity (Wildman–Crippen MR) is 90.7 cm³/mol. The van der Waals surface area contributed by atoms with E-state index in [0.717, 1.165) is 23.8 Å². The number of ether oxygens (including phenoxy) is 1. The van der Waals surface area contributed by atoms with Crippen molar-refractivity contribution in [3.05, 3.63) is 52.4 Å². The largest absolute Gasteiger partial charge is 0.378 e. The minimum Gasteiger partial charge on any atom is -0.378 e. The first-order chi connectivity index (χ1) is 10.7. The van der Waals surface area contributed by atoms with Crippen LogP contribution in [0.1, 0.15) is 11.1 Å². The van der Waals surface area contributed by atoms with Crippen LogP contribution < -0.4 is 0 Å². The maximum atomic E-state index is 12.0. The summed E-state index contributed by atoms with van der Waals surface area (Å²) in [6.45, 7) is 5.05. The van der Waals surface area contributed by atoms with E-state index in [-0.39, 0.29) is 5.91 Å². The number of aryl methyl sites for hydroxylation is 1. The standard InChI is InChI=1S/C17H18N2O2S/c1-13-4-2-5-14(12-13)6-3-7-15-16(20)18-17(22-15)19-8-10-21-11-9-19/h2-7,12H,8-11H2,1H3/b6-3+,15-7+. The van der Waals surface area contributed by atoms with Crippen LogP contribution in [-0.2, 0) is 9.53 Å². The molecule has 0 saturated carbocycles. The smallest absolute Gasteiger partial charge is 0.286 e. The fourth-order valence-corrected chi connectivity index (χ4v) is 3.24. The number of carbonyl (C=O) groups is 1. The number of hydrogen-bond acceptors (Lipinski definition) is 4. The third-order valence-corrected chi connectivity index (χ3v) is 4.53. The van der Waals surface area contributed by atoms with Gasteiger partial charge in [-0.05, 0) is 30.3 Å². The average molecular weight is 314 g/mol. The molecule has 0 aromatic heterocycles. The van der Waals surface area contributed by atoms with Crippen LogP contribution >= 0.6 is 11.8 Å². The SMILES string of the molecule is Cc1cccc(/C=C/C=C2/SC(N3CCOCC3)=NC2=O)c1. The quantitative estimate of drug-likeness (QED) is 0.787. The highest BCUT2D eigenvalue weighted by atomic mass is 32.2. The first-order valence-electron chi connectivity index (χ1n) is 7.31. The van der Waals surface area contributed by atoms with E-state index in [1.54, 1.807) is 0 Å². The molecule has 0 spiro atoms. The molecule has 0 unspecified atom stereocenters. The molecule has 2 aliphatic heterocycles. The summed E-state index contributed by atoms with van der Waals surface area (Å²) >= 11 is 1.44. The van der Waals surface area contributed by atoms with Crippen LogP contribution in [0.15, 0.2) is 46.3 Å². The van der Waals surface area contributed by atoms with E-state index in [1.165, 1.54) is 17.3 Å². The number of amides is 1. The maximum Gasteiger partial charge on any atom is 0.286 e. The van der Waals surface area contributed by atoms with Gasteiger partial charge < -0.3 is 9.64 Å². The van der Waals surface area contributed by atoms with E-state index in [1.807, 2.05) is 30.4 Å². The molecule has 5 heteroatoms. The summed E-state index contributed by atoms with van der Waals surface area (Å²) in [5, 5.41) is 0.795. The zero-order valence-corrected chi connectivity index (χ0v) is 13.3. The van der Waals surface area contributed by atoms with E-state index in [4.69, 9.17) is 4.74 Å². The van der Waals surface area contributed by atoms with Gasteiger partial charge in [0, 0.05) is 13.1 Å². The highest BCUT2D eigenvalue weighted by molar-refractivity contribution is 8.18. The van der Waals surface area contributed by atoms with E-state index in [2.05, 4.69) is 28.9 Å². The van der Waals surface area contributed by atoms with Crippen molar-refractivity contribution in [3.8, 4) is 0 Å². The number of morpholine rings is 1. The zero-order chi connectivity index (χ0) is 15.4. The lowest BCUT2D eigenvalue weighted by Crippen LogP contribution is -2.38. The van der Waals surface area contributed by atoms with Crippen molar-refractivity contribution < 1.29 is 9.53 Å². The molecule has 1 aromatic rings. The van der Waals surface area contributed by atoms with Crippen molar-refractivity contribution in [1.29, 1.82) is 0 Å². The Kier molecular flexibility index (Phi) is 4.75. The molecular formula is C17H18N2O2S. The van der Waals surface area contributed by atoms with Crippen molar-refractivity contribution in [3.63, 3.8) is 0 Å². The van der Waals surface area contributed by atoms with Gasteiger partial charge in [-0.15, -0.1) is 0 Å². The molecule has 1 amide bonds. The third kappa shape index (κ3) is 3.67. The van der Waals surface area contributed by atoms with Gasteiger partial charge in [0.25, 0.3) is 5.91 Å². The number of thioether (sulfide) groups is 1. The third-order valence-electron chi connectivity index (χ3n) is 3.47. The number of amidine groups is 1. The highest BCUT2D eigenvalue weighted by Crippen LogP contribution is 2.28. The molecule has 4 nitrogen and oxygen atoms in total. The molecule has 0 atom stereocenters. The molecule has 0 radical (unpaired) electrons. The lowest BCUT2D eigenvalue weighted by atomic mass is 10.1. The molecular weight excluding hydrogens is 296 g/mol. The van der Waals surface area contributed by atoms with Crippen molar-refractivity contribution in [2.75, 3.05) is 26.3 Å². The lowest BCUT2D eigenvalue weighted by molar-refractivity contribution is -0.113. The molecule has 3 rings (SSSR count). The summed E-state index contributed by atoms with van der Waals surface area (Å²) in [5.74, 6) is -0.152. The number of aliphatic imine (C=N–C) groups is 1. The van der Waals surface area contributed by atoms with Crippen molar-refractivity contribution in [2.24, 2.45) is 4.99 Å². The van der Waals surface area contributed by atoms with Gasteiger partial charge in [-0.1, -0.05) is 42.0 Å². The minimum absolute atomic E-state index is 0.152. The Balaban J connectivity index is 1.65. The Bertz CT molecular complexity index is 658. The maximum absolute atomic E-state index is 12.0. The fourth-order valence-electron chi connectivity index (χ4n) is 2.32. The van der Waals surface area contributed by atoms with Crippen molar-refractivity contribution >= 4 is 28.9 Å². The van der Waals surface area contributed by atoms with Crippen molar-refractivity contribution in [2.45, 2.75) is 6.92 Å². The first kappa shape index (κ1) is 15.1. The highest BCUT2D eigenvalue weighted by Gasteiger charge is 2.26. The molecule has 0 N–H and O–H groups in total. The van der Waals surface area contributed by atoms with Crippen LogP contribution in [0.4, 0.5) is 0 Å². The minimum atomic E-state index is -0.152. The van der Waals surface area contributed by atoms with Crippen molar-refractivity contribution in [1.82, 2.24) is 4.90 Å². The molecule has 2 aliphatic rings. The normalized spacial score (nSPS) is 21.0. The number of benzene rings is 1. The predicted octanol–water partition coefficient (Wildman–Crippen LogP) is 2.85. The second-order valence-electron chi connectivity index (χ2n) is 5.21. The Labute approximate surface area is 134 Å². The fraction of sp³-hybridized carbons (Fsp3) is 0.294. The molecule has 22 heavy (non-hydrogen) atoms. The summed E-state index contributed by atoms with van der Waals surface area (Å²) in [7, 11) is 0. The van der Waals surface area contributed by atoms with Gasteiger partial charge in [-0.3, -0.25) is 4.79 Å². The first-order valence-corrected chi connectivity index (χ1v) is 8.12. The molecule has 0 bridgehead atoms. The molecule has 0 aliphatic carbocycles. The summed E-state index contributed by atoms with van der Waals surface area (Å²) in [5.41, 5.74) is 2.35. The second kappa shape index (κ2) is 6.94. The average Bonchev–Trinajstić information content (AvgIpc) is 2.90. The number of hydrogen-bond donors (Lipinski definition) is 0. The molecule has 1 fully saturated rings. The lowest BCUT2D eigenvalue weighted by Gasteiger charge is -2.27. The van der Waals surface area contributed by atoms with Gasteiger partial charge in [0.15, 0.2) is 5.17 Å². The van der Waals surface area contributed by atoms with E-state index >= 15 is 0 Å². The molecule has 1 saturated heterocycles. The van der Waals surface area contributed by atoms with Crippen LogP contribution in [0, 0.1) is 6.92 Å². The van der Waals surface area contributed by atoms with Crippen LogP contribution in [0.3, 0.4) is 0 Å². The van der Waals surface area contributed by atoms with Crippen LogP contribution in [0.5, 0.6) is 0 Å². The summed E-state index contributed by atoms with van der Waals surface area (Å²) in [4.78, 5) is 18.9. The topological polar surface area (TPSA) is 41.9 Å². The Morgan fingerprint density at radius 2 is 2.14 bits per heavy atom. The van der Waals surface area contributed by atoms with Gasteiger partial charge in [0.05, 0.1) is 18.1 Å².